The van der Waals surface area contributed by atoms with Crippen LogP contribution in [-0.2, 0) is 0 Å². The van der Waals surface area contributed by atoms with Crippen LogP contribution < -0.4 is 0 Å². The third-order valence-electron chi connectivity index (χ3n) is 0.181. The van der Waals surface area contributed by atoms with Crippen molar-refractivity contribution >= 4 is 22.5 Å². The Balaban J connectivity index is 3.68. The van der Waals surface area contributed by atoms with Crippen molar-refractivity contribution in [1.29, 1.82) is 0 Å². The Bertz CT molecular complexity index is 58.9. The summed E-state index contributed by atoms with van der Waals surface area (Å²) < 4.78 is 31.1. The van der Waals surface area contributed by atoms with Crippen molar-refractivity contribution in [3.05, 3.63) is 9.92 Å². The molecule has 0 heterocycles. The molecule has 0 amide bonds. The molecule has 0 aromatic rings. The molecule has 0 aromatic carbocycles. The van der Waals surface area contributed by atoms with Gasteiger partial charge in [0.15, 0.2) is 0 Å². The zero-order valence-electron chi connectivity index (χ0n) is 2.71. The van der Waals surface area contributed by atoms with E-state index < -0.39 is 9.92 Å². The maximum absolute atomic E-state index is 11.0. The third kappa shape index (κ3) is 2.56. The molecule has 0 fully saturated rings. The van der Waals surface area contributed by atoms with Gasteiger partial charge in [-0.05, 0) is 0 Å². The second-order valence-electron chi connectivity index (χ2n) is 0.608. The first-order valence-electron chi connectivity index (χ1n) is 1.11. The van der Waals surface area contributed by atoms with Gasteiger partial charge in [0.25, 0.3) is 0 Å². The fourth-order valence-corrected chi connectivity index (χ4v) is 0. The Morgan fingerprint density at radius 3 is 1.33 bits per heavy atom. The SMILES string of the molecule is FC(F)=[C](F)[SnH]. The monoisotopic (exact) mass is 202 g/mol. The topological polar surface area (TPSA) is 0 Å². The van der Waals surface area contributed by atoms with E-state index in [2.05, 4.69) is 0 Å². The molecule has 0 bridgehead atoms. The minimum absolute atomic E-state index is 0.127. The Morgan fingerprint density at radius 1 is 1.17 bits per heavy atom. The quantitative estimate of drug-likeness (QED) is 0.511. The van der Waals surface area contributed by atoms with Crippen LogP contribution in [0.3, 0.4) is 0 Å². The molecule has 34 valence electrons. The van der Waals surface area contributed by atoms with Gasteiger partial charge in [-0.1, -0.05) is 0 Å². The van der Waals surface area contributed by atoms with Gasteiger partial charge >= 0.3 is 45.6 Å². The van der Waals surface area contributed by atoms with Crippen LogP contribution in [0.5, 0.6) is 0 Å². The summed E-state index contributed by atoms with van der Waals surface area (Å²) in [6, 6.07) is 0. The molecule has 0 aromatic heterocycles. The van der Waals surface area contributed by atoms with E-state index in [-0.39, 0.29) is 22.5 Å². The molecule has 0 saturated heterocycles. The molecular formula is C2HF3Sn. The molecule has 0 spiro atoms. The first-order chi connectivity index (χ1) is 2.64. The van der Waals surface area contributed by atoms with Gasteiger partial charge in [-0.15, -0.1) is 0 Å². The summed E-state index contributed by atoms with van der Waals surface area (Å²) in [6.07, 6.45) is -2.18. The molecule has 0 atom stereocenters. The number of hydrogen-bond acceptors (Lipinski definition) is 0. The molecule has 0 unspecified atom stereocenters. The van der Waals surface area contributed by atoms with E-state index in [9.17, 15) is 13.2 Å². The van der Waals surface area contributed by atoms with E-state index in [1.807, 2.05) is 0 Å². The minimum atomic E-state index is -2.18. The summed E-state index contributed by atoms with van der Waals surface area (Å²) in [5.41, 5.74) is 0. The van der Waals surface area contributed by atoms with Gasteiger partial charge in [-0.3, -0.25) is 0 Å². The van der Waals surface area contributed by atoms with Gasteiger partial charge in [0, 0.05) is 0 Å². The second-order valence-corrected chi connectivity index (χ2v) is 2.06. The molecule has 0 aliphatic carbocycles. The van der Waals surface area contributed by atoms with Crippen LogP contribution in [0.15, 0.2) is 9.92 Å². The summed E-state index contributed by atoms with van der Waals surface area (Å²) in [5.74, 6) is 0. The van der Waals surface area contributed by atoms with Gasteiger partial charge in [0.2, 0.25) is 0 Å². The zero-order valence-corrected chi connectivity index (χ0v) is 6.01. The van der Waals surface area contributed by atoms with Gasteiger partial charge in [-0.2, -0.15) is 0 Å². The second kappa shape index (κ2) is 2.49. The van der Waals surface area contributed by atoms with E-state index >= 15 is 0 Å². The van der Waals surface area contributed by atoms with Crippen LogP contribution in [0.1, 0.15) is 0 Å². The Kier molecular flexibility index (Phi) is 2.63. The first kappa shape index (κ1) is 6.33. The van der Waals surface area contributed by atoms with Crippen LogP contribution in [0.25, 0.3) is 0 Å². The molecule has 0 N–H and O–H groups in total. The summed E-state index contributed by atoms with van der Waals surface area (Å²) in [6.45, 7) is 0. The Morgan fingerprint density at radius 2 is 1.33 bits per heavy atom. The molecule has 6 heavy (non-hydrogen) atoms. The molecule has 0 aliphatic heterocycles. The van der Waals surface area contributed by atoms with Crippen molar-refractivity contribution in [2.75, 3.05) is 0 Å². The van der Waals surface area contributed by atoms with E-state index in [0.717, 1.165) is 0 Å². The van der Waals surface area contributed by atoms with Crippen molar-refractivity contribution in [2.45, 2.75) is 0 Å². The zero-order chi connectivity index (χ0) is 5.15. The first-order valence-corrected chi connectivity index (χ1v) is 2.75. The van der Waals surface area contributed by atoms with Gasteiger partial charge < -0.3 is 0 Å². The molecule has 4 heteroatoms. The summed E-state index contributed by atoms with van der Waals surface area (Å²) in [7, 11) is 0. The third-order valence-corrected chi connectivity index (χ3v) is 0.803. The van der Waals surface area contributed by atoms with Crippen molar-refractivity contribution < 1.29 is 13.2 Å². The van der Waals surface area contributed by atoms with E-state index in [4.69, 9.17) is 0 Å². The maximum atomic E-state index is 11.0. The Hall–Kier alpha value is 0.329. The fraction of sp³-hybridized carbons (Fsp3) is 0. The molecular weight excluding hydrogens is 200 g/mol. The van der Waals surface area contributed by atoms with Crippen molar-refractivity contribution in [1.82, 2.24) is 0 Å². The number of rotatable bonds is 0. The van der Waals surface area contributed by atoms with E-state index in [0.29, 0.717) is 0 Å². The van der Waals surface area contributed by atoms with Crippen LogP contribution >= 0.6 is 0 Å². The molecule has 0 rings (SSSR count). The molecule has 0 saturated carbocycles. The normalized spacial score (nSPS) is 8.00. The van der Waals surface area contributed by atoms with Gasteiger partial charge in [0.1, 0.15) is 0 Å². The van der Waals surface area contributed by atoms with Crippen LogP contribution in [0.2, 0.25) is 0 Å². The summed E-state index contributed by atoms with van der Waals surface area (Å²) >= 11 is -0.127. The summed E-state index contributed by atoms with van der Waals surface area (Å²) in [5, 5.41) is 0. The number of halogens is 3. The van der Waals surface area contributed by atoms with E-state index in [1.54, 1.807) is 0 Å². The average molecular weight is 201 g/mol. The van der Waals surface area contributed by atoms with Gasteiger partial charge in [0.05, 0.1) is 0 Å². The van der Waals surface area contributed by atoms with Crippen molar-refractivity contribution in [3.8, 4) is 0 Å². The molecule has 0 nitrogen and oxygen atoms in total. The molecule has 2 radical (unpaired) electrons. The van der Waals surface area contributed by atoms with Crippen LogP contribution in [0, 0.1) is 0 Å². The van der Waals surface area contributed by atoms with Crippen LogP contribution in [0.4, 0.5) is 13.2 Å². The van der Waals surface area contributed by atoms with E-state index in [1.165, 1.54) is 0 Å². The van der Waals surface area contributed by atoms with Gasteiger partial charge in [-0.25, -0.2) is 0 Å². The number of hydrogen-bond donors (Lipinski definition) is 0. The standard InChI is InChI=1S/C2F3.Sn.H/c3-1-2(4)5;;. The van der Waals surface area contributed by atoms with Crippen molar-refractivity contribution in [2.24, 2.45) is 0 Å². The Labute approximate surface area is 46.1 Å². The predicted octanol–water partition coefficient (Wildman–Crippen LogP) is 0.922. The predicted molar refractivity (Wildman–Crippen MR) is 17.5 cm³/mol. The van der Waals surface area contributed by atoms with Crippen molar-refractivity contribution in [3.63, 3.8) is 0 Å². The summed E-state index contributed by atoms with van der Waals surface area (Å²) in [4.78, 5) is 0. The fourth-order valence-electron chi connectivity index (χ4n) is 0. The van der Waals surface area contributed by atoms with Crippen LogP contribution in [-0.4, -0.2) is 22.5 Å². The average Bonchev–Trinajstić information content (AvgIpc) is 1.36. The molecule has 0 aliphatic rings.